The topological polar surface area (TPSA) is 83.8 Å². The number of aromatic carboxylic acids is 1. The molecule has 5 nitrogen and oxygen atoms in total. The number of isocyanates is 1. The summed E-state index contributed by atoms with van der Waals surface area (Å²) in [5, 5.41) is 8.80. The molecular formula is C10H7NO4. The van der Waals surface area contributed by atoms with Gasteiger partial charge in [-0.3, -0.25) is 4.79 Å². The van der Waals surface area contributed by atoms with Crippen LogP contribution < -0.4 is 0 Å². The van der Waals surface area contributed by atoms with E-state index in [0.29, 0.717) is 0 Å². The second-order valence-electron chi connectivity index (χ2n) is 2.77. The molecule has 0 aliphatic heterocycles. The largest absolute Gasteiger partial charge is 0.478 e. The van der Waals surface area contributed by atoms with Gasteiger partial charge >= 0.3 is 5.97 Å². The van der Waals surface area contributed by atoms with Crippen molar-refractivity contribution in [1.29, 1.82) is 0 Å². The lowest BCUT2D eigenvalue weighted by atomic mass is 10.0. The molecule has 0 radical (unpaired) electrons. The Labute approximate surface area is 85.1 Å². The molecule has 1 rings (SSSR count). The van der Waals surface area contributed by atoms with Crippen LogP contribution >= 0.6 is 0 Å². The minimum atomic E-state index is -1.24. The molecule has 0 fully saturated rings. The molecule has 0 aliphatic rings. The lowest BCUT2D eigenvalue weighted by Gasteiger charge is -2.03. The monoisotopic (exact) mass is 205 g/mol. The van der Waals surface area contributed by atoms with E-state index in [4.69, 9.17) is 5.11 Å². The average Bonchev–Trinajstić information content (AvgIpc) is 2.17. The lowest BCUT2D eigenvalue weighted by Crippen LogP contribution is -2.01. The third kappa shape index (κ3) is 2.15. The Hall–Kier alpha value is -2.26. The zero-order valence-electron chi connectivity index (χ0n) is 7.85. The quantitative estimate of drug-likeness (QED) is 0.461. The van der Waals surface area contributed by atoms with E-state index in [9.17, 15) is 14.4 Å². The van der Waals surface area contributed by atoms with Crippen LogP contribution in [0, 0.1) is 0 Å². The molecule has 0 saturated heterocycles. The molecular weight excluding hydrogens is 198 g/mol. The second-order valence-corrected chi connectivity index (χ2v) is 2.77. The molecule has 0 aliphatic carbocycles. The summed E-state index contributed by atoms with van der Waals surface area (Å²) >= 11 is 0. The number of para-hydroxylation sites is 1. The van der Waals surface area contributed by atoms with Gasteiger partial charge in [0.25, 0.3) is 0 Å². The minimum Gasteiger partial charge on any atom is -0.478 e. The molecule has 0 bridgehead atoms. The fourth-order valence-corrected chi connectivity index (χ4v) is 1.17. The predicted octanol–water partition coefficient (Wildman–Crippen LogP) is 1.55. The number of benzene rings is 1. The van der Waals surface area contributed by atoms with Crippen molar-refractivity contribution in [2.45, 2.75) is 6.92 Å². The highest BCUT2D eigenvalue weighted by Gasteiger charge is 2.15. The molecule has 1 aromatic carbocycles. The van der Waals surface area contributed by atoms with Gasteiger partial charge in [0.1, 0.15) is 5.69 Å². The van der Waals surface area contributed by atoms with E-state index in [2.05, 4.69) is 4.99 Å². The van der Waals surface area contributed by atoms with Crippen molar-refractivity contribution in [3.63, 3.8) is 0 Å². The van der Waals surface area contributed by atoms with E-state index in [-0.39, 0.29) is 22.6 Å². The SMILES string of the molecule is CC(=O)c1cccc(C(=O)O)c1N=C=O. The summed E-state index contributed by atoms with van der Waals surface area (Å²) in [4.78, 5) is 35.3. The second kappa shape index (κ2) is 4.30. The average molecular weight is 205 g/mol. The molecule has 5 heteroatoms. The summed E-state index contributed by atoms with van der Waals surface area (Å²) in [5.41, 5.74) is -0.239. The maximum absolute atomic E-state index is 11.1. The highest BCUT2D eigenvalue weighted by atomic mass is 16.4. The van der Waals surface area contributed by atoms with Crippen LogP contribution in [0.3, 0.4) is 0 Å². The van der Waals surface area contributed by atoms with Crippen LogP contribution in [0.2, 0.25) is 0 Å². The van der Waals surface area contributed by atoms with Gasteiger partial charge in [0.15, 0.2) is 5.78 Å². The fraction of sp³-hybridized carbons (Fsp3) is 0.100. The summed E-state index contributed by atoms with van der Waals surface area (Å²) in [5.74, 6) is -1.60. The molecule has 0 unspecified atom stereocenters. The summed E-state index contributed by atoms with van der Waals surface area (Å²) in [6.45, 7) is 1.27. The van der Waals surface area contributed by atoms with Gasteiger partial charge in [0, 0.05) is 5.56 Å². The molecule has 15 heavy (non-hydrogen) atoms. The van der Waals surface area contributed by atoms with Crippen molar-refractivity contribution in [2.24, 2.45) is 4.99 Å². The van der Waals surface area contributed by atoms with Crippen molar-refractivity contribution in [3.05, 3.63) is 29.3 Å². The van der Waals surface area contributed by atoms with Crippen LogP contribution in [-0.4, -0.2) is 22.9 Å². The van der Waals surface area contributed by atoms with Crippen LogP contribution in [-0.2, 0) is 4.79 Å². The standard InChI is InChI=1S/C10H7NO4/c1-6(13)7-3-2-4-8(10(14)15)9(7)11-5-12/h2-4H,1H3,(H,14,15). The number of nitrogens with zero attached hydrogens (tertiary/aromatic N) is 1. The lowest BCUT2D eigenvalue weighted by molar-refractivity contribution is 0.0698. The van der Waals surface area contributed by atoms with E-state index in [1.807, 2.05) is 0 Å². The number of carbonyl (C=O) groups excluding carboxylic acids is 2. The highest BCUT2D eigenvalue weighted by Crippen LogP contribution is 2.24. The summed E-state index contributed by atoms with van der Waals surface area (Å²) < 4.78 is 0. The number of hydrogen-bond donors (Lipinski definition) is 1. The van der Waals surface area contributed by atoms with Gasteiger partial charge in [-0.05, 0) is 19.1 Å². The number of carboxylic acid groups (broad SMARTS) is 1. The first-order chi connectivity index (χ1) is 7.07. The fourth-order valence-electron chi connectivity index (χ4n) is 1.17. The Kier molecular flexibility index (Phi) is 3.10. The molecule has 76 valence electrons. The normalized spacial score (nSPS) is 9.13. The number of aliphatic imine (C=N–C) groups is 1. The number of rotatable bonds is 3. The Balaban J connectivity index is 3.55. The van der Waals surface area contributed by atoms with Crippen LogP contribution in [0.5, 0.6) is 0 Å². The van der Waals surface area contributed by atoms with Crippen LogP contribution in [0.15, 0.2) is 23.2 Å². The van der Waals surface area contributed by atoms with Gasteiger partial charge in [-0.25, -0.2) is 9.59 Å². The van der Waals surface area contributed by atoms with Crippen molar-refractivity contribution in [1.82, 2.24) is 0 Å². The van der Waals surface area contributed by atoms with E-state index in [1.165, 1.54) is 31.2 Å². The van der Waals surface area contributed by atoms with Crippen molar-refractivity contribution in [2.75, 3.05) is 0 Å². The van der Waals surface area contributed by atoms with Crippen LogP contribution in [0.1, 0.15) is 27.6 Å². The van der Waals surface area contributed by atoms with Gasteiger partial charge < -0.3 is 5.11 Å². The molecule has 1 N–H and O–H groups in total. The molecule has 0 aromatic heterocycles. The summed E-state index contributed by atoms with van der Waals surface area (Å²) in [7, 11) is 0. The molecule has 0 atom stereocenters. The number of hydrogen-bond acceptors (Lipinski definition) is 4. The number of ketones is 1. The zero-order valence-corrected chi connectivity index (χ0v) is 7.85. The zero-order chi connectivity index (χ0) is 11.4. The summed E-state index contributed by atoms with van der Waals surface area (Å²) in [6, 6.07) is 4.10. The van der Waals surface area contributed by atoms with Gasteiger partial charge in [-0.2, -0.15) is 4.99 Å². The first-order valence-corrected chi connectivity index (χ1v) is 4.03. The van der Waals surface area contributed by atoms with E-state index in [1.54, 1.807) is 0 Å². The maximum atomic E-state index is 11.1. The minimum absolute atomic E-state index is 0.0956. The highest BCUT2D eigenvalue weighted by molar-refractivity contribution is 6.05. The Bertz CT molecular complexity index is 440. The number of carboxylic acids is 1. The first-order valence-electron chi connectivity index (χ1n) is 4.03. The van der Waals surface area contributed by atoms with E-state index >= 15 is 0 Å². The van der Waals surface area contributed by atoms with Crippen molar-refractivity contribution in [3.8, 4) is 0 Å². The first kappa shape index (κ1) is 10.8. The molecule has 0 heterocycles. The van der Waals surface area contributed by atoms with E-state index in [0.717, 1.165) is 0 Å². The van der Waals surface area contributed by atoms with Crippen LogP contribution in [0.25, 0.3) is 0 Å². The third-order valence-corrected chi connectivity index (χ3v) is 1.80. The molecule has 0 amide bonds. The Morgan fingerprint density at radius 2 is 1.93 bits per heavy atom. The number of carbonyl (C=O) groups is 2. The van der Waals surface area contributed by atoms with Gasteiger partial charge in [-0.1, -0.05) is 6.07 Å². The van der Waals surface area contributed by atoms with E-state index < -0.39 is 5.97 Å². The van der Waals surface area contributed by atoms with Crippen LogP contribution in [0.4, 0.5) is 5.69 Å². The van der Waals surface area contributed by atoms with Gasteiger partial charge in [0.05, 0.1) is 5.56 Å². The maximum Gasteiger partial charge on any atom is 0.337 e. The Morgan fingerprint density at radius 3 is 2.40 bits per heavy atom. The third-order valence-electron chi connectivity index (χ3n) is 1.80. The molecule has 1 aromatic rings. The summed E-state index contributed by atoms with van der Waals surface area (Å²) in [6.07, 6.45) is 1.23. The number of Topliss-reactive ketones (excluding diaryl/α,β-unsaturated/α-hetero) is 1. The van der Waals surface area contributed by atoms with Gasteiger partial charge in [0.2, 0.25) is 6.08 Å². The van der Waals surface area contributed by atoms with Crippen molar-refractivity contribution < 1.29 is 19.5 Å². The van der Waals surface area contributed by atoms with Gasteiger partial charge in [-0.15, -0.1) is 0 Å². The molecule has 0 saturated carbocycles. The van der Waals surface area contributed by atoms with Crippen molar-refractivity contribution >= 4 is 23.5 Å². The Morgan fingerprint density at radius 1 is 1.33 bits per heavy atom. The molecule has 0 spiro atoms. The predicted molar refractivity (Wildman–Crippen MR) is 51.2 cm³/mol. The smallest absolute Gasteiger partial charge is 0.337 e.